The maximum Gasteiger partial charge on any atom is 0.256 e. The number of nitrogens with zero attached hydrogens (tertiary/aromatic N) is 2. The van der Waals surface area contributed by atoms with E-state index in [9.17, 15) is 4.79 Å². The van der Waals surface area contributed by atoms with Crippen LogP contribution in [0.25, 0.3) is 10.9 Å². The van der Waals surface area contributed by atoms with Crippen molar-refractivity contribution in [1.82, 2.24) is 9.88 Å². The highest BCUT2D eigenvalue weighted by atomic mass is 16.2. The quantitative estimate of drug-likeness (QED) is 0.716. The summed E-state index contributed by atoms with van der Waals surface area (Å²) in [4.78, 5) is 19.4. The number of piperidine rings is 1. The van der Waals surface area contributed by atoms with Crippen LogP contribution in [0.1, 0.15) is 28.8 Å². The van der Waals surface area contributed by atoms with Crippen LogP contribution < -0.4 is 0 Å². The molecule has 2 aromatic carbocycles. The van der Waals surface area contributed by atoms with Crippen molar-refractivity contribution in [1.29, 1.82) is 0 Å². The summed E-state index contributed by atoms with van der Waals surface area (Å²) in [5.41, 5.74) is 2.92. The zero-order valence-corrected chi connectivity index (χ0v) is 14.3. The number of carbonyl (C=O) groups excluding carboxylic acids is 1. The third kappa shape index (κ3) is 3.41. The number of amides is 1. The highest BCUT2D eigenvalue weighted by molar-refractivity contribution is 6.05. The third-order valence-corrected chi connectivity index (χ3v) is 5.13. The fraction of sp³-hybridized carbons (Fsp3) is 0.273. The Bertz CT molecular complexity index is 862. The standard InChI is InChI=1S/C22H22N2O/c25-22(20-10-4-8-19-9-5-13-23-21(19)20)24-14-11-18(12-15-24)16-17-6-2-1-3-7-17/h1-10,13,18H,11-12,14-16H2. The lowest BCUT2D eigenvalue weighted by molar-refractivity contribution is 0.0692. The minimum absolute atomic E-state index is 0.113. The molecular formula is C22H22N2O. The molecule has 0 spiro atoms. The van der Waals surface area contributed by atoms with Gasteiger partial charge in [0, 0.05) is 24.7 Å². The molecule has 2 heterocycles. The first-order valence-electron chi connectivity index (χ1n) is 8.98. The van der Waals surface area contributed by atoms with Gasteiger partial charge in [0.15, 0.2) is 0 Å². The lowest BCUT2D eigenvalue weighted by Gasteiger charge is -2.32. The second kappa shape index (κ2) is 7.06. The van der Waals surface area contributed by atoms with E-state index in [1.165, 1.54) is 5.56 Å². The van der Waals surface area contributed by atoms with Crippen LogP contribution in [0.5, 0.6) is 0 Å². The number of hydrogen-bond donors (Lipinski definition) is 0. The van der Waals surface area contributed by atoms with Crippen molar-refractivity contribution in [3.8, 4) is 0 Å². The monoisotopic (exact) mass is 330 g/mol. The lowest BCUT2D eigenvalue weighted by Crippen LogP contribution is -2.39. The van der Waals surface area contributed by atoms with Crippen molar-refractivity contribution in [2.24, 2.45) is 5.92 Å². The second-order valence-corrected chi connectivity index (χ2v) is 6.81. The van der Waals surface area contributed by atoms with Gasteiger partial charge in [-0.3, -0.25) is 9.78 Å². The van der Waals surface area contributed by atoms with E-state index >= 15 is 0 Å². The van der Waals surface area contributed by atoms with E-state index in [4.69, 9.17) is 0 Å². The lowest BCUT2D eigenvalue weighted by atomic mass is 9.90. The molecule has 0 radical (unpaired) electrons. The van der Waals surface area contributed by atoms with Crippen LogP contribution in [-0.2, 0) is 6.42 Å². The third-order valence-electron chi connectivity index (χ3n) is 5.13. The number of benzene rings is 2. The topological polar surface area (TPSA) is 33.2 Å². The zero-order chi connectivity index (χ0) is 17.1. The van der Waals surface area contributed by atoms with E-state index in [0.29, 0.717) is 5.92 Å². The maximum atomic E-state index is 13.0. The molecule has 1 aliphatic rings. The molecule has 3 nitrogen and oxygen atoms in total. The predicted octanol–water partition coefficient (Wildman–Crippen LogP) is 4.33. The van der Waals surface area contributed by atoms with Gasteiger partial charge in [0.1, 0.15) is 0 Å². The number of likely N-dealkylation sites (tertiary alicyclic amines) is 1. The van der Waals surface area contributed by atoms with E-state index < -0.39 is 0 Å². The summed E-state index contributed by atoms with van der Waals surface area (Å²) in [6.45, 7) is 1.67. The molecule has 0 unspecified atom stereocenters. The molecule has 0 saturated carbocycles. The molecule has 1 amide bonds. The minimum atomic E-state index is 0.113. The number of pyridine rings is 1. The molecule has 1 aliphatic heterocycles. The molecule has 1 fully saturated rings. The Morgan fingerprint density at radius 2 is 1.72 bits per heavy atom. The number of rotatable bonds is 3. The van der Waals surface area contributed by atoms with Gasteiger partial charge in [-0.1, -0.05) is 48.5 Å². The van der Waals surface area contributed by atoms with Crippen LogP contribution in [0, 0.1) is 5.92 Å². The Labute approximate surface area is 148 Å². The number of carbonyl (C=O) groups is 1. The maximum absolute atomic E-state index is 13.0. The summed E-state index contributed by atoms with van der Waals surface area (Å²) >= 11 is 0. The molecule has 0 aliphatic carbocycles. The first kappa shape index (κ1) is 15.8. The van der Waals surface area contributed by atoms with Crippen LogP contribution >= 0.6 is 0 Å². The molecule has 126 valence electrons. The smallest absolute Gasteiger partial charge is 0.256 e. The Morgan fingerprint density at radius 1 is 0.960 bits per heavy atom. The Kier molecular flexibility index (Phi) is 4.47. The van der Waals surface area contributed by atoms with E-state index in [1.807, 2.05) is 35.2 Å². The van der Waals surface area contributed by atoms with Crippen molar-refractivity contribution >= 4 is 16.8 Å². The van der Waals surface area contributed by atoms with Crippen molar-refractivity contribution in [2.75, 3.05) is 13.1 Å². The molecule has 4 rings (SSSR count). The summed E-state index contributed by atoms with van der Waals surface area (Å²) in [6.07, 6.45) is 5.00. The van der Waals surface area contributed by atoms with Gasteiger partial charge in [0.25, 0.3) is 5.91 Å². The van der Waals surface area contributed by atoms with E-state index in [1.54, 1.807) is 6.20 Å². The van der Waals surface area contributed by atoms with Gasteiger partial charge in [-0.25, -0.2) is 0 Å². The van der Waals surface area contributed by atoms with Gasteiger partial charge in [-0.15, -0.1) is 0 Å². The fourth-order valence-corrected chi connectivity index (χ4v) is 3.73. The molecule has 0 N–H and O–H groups in total. The van der Waals surface area contributed by atoms with Crippen LogP contribution in [-0.4, -0.2) is 28.9 Å². The first-order chi connectivity index (χ1) is 12.3. The predicted molar refractivity (Wildman–Crippen MR) is 101 cm³/mol. The van der Waals surface area contributed by atoms with Gasteiger partial charge in [0.05, 0.1) is 11.1 Å². The van der Waals surface area contributed by atoms with Gasteiger partial charge in [-0.05, 0) is 42.9 Å². The largest absolute Gasteiger partial charge is 0.339 e. The summed E-state index contributed by atoms with van der Waals surface area (Å²) < 4.78 is 0. The summed E-state index contributed by atoms with van der Waals surface area (Å²) in [5, 5.41) is 1.02. The number of aromatic nitrogens is 1. The molecule has 0 atom stereocenters. The first-order valence-corrected chi connectivity index (χ1v) is 8.98. The molecule has 3 aromatic rings. The van der Waals surface area contributed by atoms with Crippen LogP contribution in [0.15, 0.2) is 66.9 Å². The number of hydrogen-bond acceptors (Lipinski definition) is 2. The van der Waals surface area contributed by atoms with Crippen molar-refractivity contribution < 1.29 is 4.79 Å². The van der Waals surface area contributed by atoms with Gasteiger partial charge in [-0.2, -0.15) is 0 Å². The fourth-order valence-electron chi connectivity index (χ4n) is 3.73. The molecule has 25 heavy (non-hydrogen) atoms. The van der Waals surface area contributed by atoms with Crippen molar-refractivity contribution in [3.63, 3.8) is 0 Å². The summed E-state index contributed by atoms with van der Waals surface area (Å²) in [7, 11) is 0. The van der Waals surface area contributed by atoms with E-state index in [0.717, 1.165) is 48.8 Å². The Balaban J connectivity index is 1.44. The molecular weight excluding hydrogens is 308 g/mol. The summed E-state index contributed by atoms with van der Waals surface area (Å²) in [5.74, 6) is 0.777. The molecule has 1 aromatic heterocycles. The van der Waals surface area contributed by atoms with E-state index in [-0.39, 0.29) is 5.91 Å². The second-order valence-electron chi connectivity index (χ2n) is 6.81. The van der Waals surface area contributed by atoms with Crippen LogP contribution in [0.2, 0.25) is 0 Å². The SMILES string of the molecule is O=C(c1cccc2cccnc12)N1CCC(Cc2ccccc2)CC1. The zero-order valence-electron chi connectivity index (χ0n) is 14.3. The average Bonchev–Trinajstić information content (AvgIpc) is 2.68. The van der Waals surface area contributed by atoms with Crippen LogP contribution in [0.3, 0.4) is 0 Å². The normalized spacial score (nSPS) is 15.4. The van der Waals surface area contributed by atoms with Gasteiger partial charge >= 0.3 is 0 Å². The molecule has 3 heteroatoms. The van der Waals surface area contributed by atoms with Crippen molar-refractivity contribution in [3.05, 3.63) is 78.0 Å². The highest BCUT2D eigenvalue weighted by Crippen LogP contribution is 2.24. The highest BCUT2D eigenvalue weighted by Gasteiger charge is 2.25. The van der Waals surface area contributed by atoms with Gasteiger partial charge < -0.3 is 4.90 Å². The van der Waals surface area contributed by atoms with Gasteiger partial charge in [0.2, 0.25) is 0 Å². The summed E-state index contributed by atoms with van der Waals surface area (Å²) in [6, 6.07) is 20.4. The number of para-hydroxylation sites is 1. The van der Waals surface area contributed by atoms with Crippen LogP contribution in [0.4, 0.5) is 0 Å². The van der Waals surface area contributed by atoms with Crippen molar-refractivity contribution in [2.45, 2.75) is 19.3 Å². The molecule has 0 bridgehead atoms. The average molecular weight is 330 g/mol. The van der Waals surface area contributed by atoms with E-state index in [2.05, 4.69) is 35.3 Å². The molecule has 1 saturated heterocycles. The minimum Gasteiger partial charge on any atom is -0.339 e. The Hall–Kier alpha value is -2.68. The Morgan fingerprint density at radius 3 is 2.52 bits per heavy atom. The number of fused-ring (bicyclic) bond motifs is 1.